The molecule has 2 heterocycles. The Hall–Kier alpha value is -2.80. The van der Waals surface area contributed by atoms with Crippen molar-refractivity contribution in [3.05, 3.63) is 57.6 Å². The molecule has 1 fully saturated rings. The number of ether oxygens (including phenoxy) is 2. The fourth-order valence-corrected chi connectivity index (χ4v) is 4.76. The molecule has 1 N–H and O–H groups in total. The van der Waals surface area contributed by atoms with E-state index in [4.69, 9.17) is 9.47 Å². The zero-order chi connectivity index (χ0) is 19.8. The van der Waals surface area contributed by atoms with Gasteiger partial charge in [0.2, 0.25) is 0 Å². The van der Waals surface area contributed by atoms with Crippen molar-refractivity contribution in [2.75, 3.05) is 31.2 Å². The summed E-state index contributed by atoms with van der Waals surface area (Å²) in [5.41, 5.74) is 3.66. The first-order valence-electron chi connectivity index (χ1n) is 10.3. The van der Waals surface area contributed by atoms with Gasteiger partial charge in [-0.15, -0.1) is 0 Å². The lowest BCUT2D eigenvalue weighted by Crippen LogP contribution is -2.46. The molecule has 7 heteroatoms. The SMILES string of the molecule is O=[N+]([O-])c1ccc2c(c1)CC(NC1CCN(c3cccc4c3OCCO4)CC1)C2. The number of rotatable bonds is 4. The van der Waals surface area contributed by atoms with E-state index >= 15 is 0 Å². The highest BCUT2D eigenvalue weighted by Crippen LogP contribution is 2.40. The van der Waals surface area contributed by atoms with Gasteiger partial charge < -0.3 is 19.7 Å². The summed E-state index contributed by atoms with van der Waals surface area (Å²) in [7, 11) is 0. The lowest BCUT2D eigenvalue weighted by Gasteiger charge is -2.36. The van der Waals surface area contributed by atoms with Crippen molar-refractivity contribution in [1.82, 2.24) is 5.32 Å². The highest BCUT2D eigenvalue weighted by Gasteiger charge is 2.29. The van der Waals surface area contributed by atoms with Crippen LogP contribution in [0.15, 0.2) is 36.4 Å². The Morgan fingerprint density at radius 1 is 1.00 bits per heavy atom. The maximum atomic E-state index is 11.0. The summed E-state index contributed by atoms with van der Waals surface area (Å²) >= 11 is 0. The topological polar surface area (TPSA) is 76.9 Å². The minimum atomic E-state index is -0.312. The molecule has 0 radical (unpaired) electrons. The molecule has 0 bridgehead atoms. The molecule has 2 aromatic carbocycles. The van der Waals surface area contributed by atoms with Gasteiger partial charge in [-0.25, -0.2) is 0 Å². The number of nitrogens with one attached hydrogen (secondary N) is 1. The average molecular weight is 395 g/mol. The molecule has 0 spiro atoms. The molecular weight excluding hydrogens is 370 g/mol. The number of non-ortho nitro benzene ring substituents is 1. The Labute approximate surface area is 169 Å². The lowest BCUT2D eigenvalue weighted by molar-refractivity contribution is -0.384. The number of benzene rings is 2. The summed E-state index contributed by atoms with van der Waals surface area (Å²) in [6, 6.07) is 12.2. The van der Waals surface area contributed by atoms with Gasteiger partial charge in [0.25, 0.3) is 5.69 Å². The highest BCUT2D eigenvalue weighted by atomic mass is 16.6. The van der Waals surface area contributed by atoms with Crippen molar-refractivity contribution < 1.29 is 14.4 Å². The number of anilines is 1. The summed E-state index contributed by atoms with van der Waals surface area (Å²) in [5.74, 6) is 1.71. The Bertz CT molecular complexity index is 924. The van der Waals surface area contributed by atoms with Crippen LogP contribution in [0.1, 0.15) is 24.0 Å². The summed E-state index contributed by atoms with van der Waals surface area (Å²) in [5, 5.41) is 14.8. The third-order valence-corrected chi connectivity index (χ3v) is 6.19. The van der Waals surface area contributed by atoms with Gasteiger partial charge in [-0.05, 0) is 48.9 Å². The molecule has 1 atom stereocenters. The van der Waals surface area contributed by atoms with E-state index in [0.717, 1.165) is 61.5 Å². The summed E-state index contributed by atoms with van der Waals surface area (Å²) in [4.78, 5) is 13.1. The van der Waals surface area contributed by atoms with Crippen LogP contribution in [0.25, 0.3) is 0 Å². The highest BCUT2D eigenvalue weighted by molar-refractivity contribution is 5.65. The van der Waals surface area contributed by atoms with Crippen LogP contribution < -0.4 is 19.7 Å². The van der Waals surface area contributed by atoms with E-state index in [-0.39, 0.29) is 10.6 Å². The van der Waals surface area contributed by atoms with E-state index in [1.807, 2.05) is 18.2 Å². The molecule has 29 heavy (non-hydrogen) atoms. The summed E-state index contributed by atoms with van der Waals surface area (Å²) in [6.45, 7) is 3.16. The molecule has 1 aliphatic carbocycles. The number of hydrogen-bond donors (Lipinski definition) is 1. The van der Waals surface area contributed by atoms with Crippen LogP contribution in [0.2, 0.25) is 0 Å². The number of nitro groups is 1. The fraction of sp³-hybridized carbons (Fsp3) is 0.455. The van der Waals surface area contributed by atoms with Crippen LogP contribution in [-0.4, -0.2) is 43.3 Å². The van der Waals surface area contributed by atoms with E-state index in [9.17, 15) is 10.1 Å². The predicted octanol–water partition coefficient (Wildman–Crippen LogP) is 3.09. The number of nitrogens with zero attached hydrogens (tertiary/aromatic N) is 2. The van der Waals surface area contributed by atoms with E-state index in [1.165, 1.54) is 5.56 Å². The molecule has 0 amide bonds. The van der Waals surface area contributed by atoms with Gasteiger partial charge in [0.05, 0.1) is 10.6 Å². The molecule has 2 aromatic rings. The molecular formula is C22H25N3O4. The van der Waals surface area contributed by atoms with Gasteiger partial charge in [0.15, 0.2) is 11.5 Å². The second-order valence-corrected chi connectivity index (χ2v) is 8.04. The minimum Gasteiger partial charge on any atom is -0.486 e. The van der Waals surface area contributed by atoms with Crippen LogP contribution >= 0.6 is 0 Å². The van der Waals surface area contributed by atoms with Crippen molar-refractivity contribution in [2.45, 2.75) is 37.8 Å². The average Bonchev–Trinajstić information content (AvgIpc) is 3.15. The minimum absolute atomic E-state index is 0.190. The van der Waals surface area contributed by atoms with Gasteiger partial charge in [-0.1, -0.05) is 12.1 Å². The Morgan fingerprint density at radius 2 is 1.79 bits per heavy atom. The fourth-order valence-electron chi connectivity index (χ4n) is 4.76. The standard InChI is InChI=1S/C22H25N3O4/c26-25(27)19-5-4-15-12-18(13-16(15)14-19)23-17-6-8-24(9-7-17)20-2-1-3-21-22(20)29-11-10-28-21/h1-5,14,17-18,23H,6-13H2. The zero-order valence-electron chi connectivity index (χ0n) is 16.3. The zero-order valence-corrected chi connectivity index (χ0v) is 16.3. The molecule has 1 unspecified atom stereocenters. The van der Waals surface area contributed by atoms with Crippen molar-refractivity contribution >= 4 is 11.4 Å². The van der Waals surface area contributed by atoms with Gasteiger partial charge in [-0.2, -0.15) is 0 Å². The summed E-state index contributed by atoms with van der Waals surface area (Å²) < 4.78 is 11.6. The van der Waals surface area contributed by atoms with Gasteiger partial charge >= 0.3 is 0 Å². The van der Waals surface area contributed by atoms with E-state index < -0.39 is 0 Å². The smallest absolute Gasteiger partial charge is 0.269 e. The van der Waals surface area contributed by atoms with Crippen LogP contribution in [0.3, 0.4) is 0 Å². The first-order valence-corrected chi connectivity index (χ1v) is 10.3. The molecule has 5 rings (SSSR count). The third-order valence-electron chi connectivity index (χ3n) is 6.19. The van der Waals surface area contributed by atoms with Gasteiger partial charge in [0.1, 0.15) is 13.2 Å². The van der Waals surface area contributed by atoms with Gasteiger partial charge in [0, 0.05) is 37.3 Å². The van der Waals surface area contributed by atoms with Crippen molar-refractivity contribution in [2.24, 2.45) is 0 Å². The third kappa shape index (κ3) is 3.62. The predicted molar refractivity (Wildman–Crippen MR) is 110 cm³/mol. The first-order chi connectivity index (χ1) is 14.2. The molecule has 0 aromatic heterocycles. The molecule has 2 aliphatic heterocycles. The Balaban J connectivity index is 1.19. The summed E-state index contributed by atoms with van der Waals surface area (Å²) in [6.07, 6.45) is 3.95. The van der Waals surface area contributed by atoms with Crippen molar-refractivity contribution in [3.8, 4) is 11.5 Å². The van der Waals surface area contributed by atoms with Crippen LogP contribution in [0.4, 0.5) is 11.4 Å². The number of hydrogen-bond acceptors (Lipinski definition) is 6. The number of nitro benzene ring substituents is 1. The Kier molecular flexibility index (Phi) is 4.75. The molecule has 152 valence electrons. The van der Waals surface area contributed by atoms with Crippen molar-refractivity contribution in [3.63, 3.8) is 0 Å². The van der Waals surface area contributed by atoms with Gasteiger partial charge in [-0.3, -0.25) is 10.1 Å². The number of piperidine rings is 1. The van der Waals surface area contributed by atoms with E-state index in [1.54, 1.807) is 12.1 Å². The van der Waals surface area contributed by atoms with Crippen LogP contribution in [0.5, 0.6) is 11.5 Å². The second-order valence-electron chi connectivity index (χ2n) is 8.04. The largest absolute Gasteiger partial charge is 0.486 e. The maximum absolute atomic E-state index is 11.0. The number of para-hydroxylation sites is 1. The normalized spacial score (nSPS) is 21.1. The molecule has 3 aliphatic rings. The van der Waals surface area contributed by atoms with E-state index in [2.05, 4.69) is 16.3 Å². The van der Waals surface area contributed by atoms with E-state index in [0.29, 0.717) is 25.3 Å². The second kappa shape index (κ2) is 7.55. The molecule has 0 saturated carbocycles. The quantitative estimate of drug-likeness (QED) is 0.633. The number of fused-ring (bicyclic) bond motifs is 2. The maximum Gasteiger partial charge on any atom is 0.269 e. The first kappa shape index (κ1) is 18.2. The monoisotopic (exact) mass is 395 g/mol. The van der Waals surface area contributed by atoms with Crippen LogP contribution in [-0.2, 0) is 12.8 Å². The van der Waals surface area contributed by atoms with Crippen molar-refractivity contribution in [1.29, 1.82) is 0 Å². The van der Waals surface area contributed by atoms with Crippen LogP contribution in [0, 0.1) is 10.1 Å². The Morgan fingerprint density at radius 3 is 2.62 bits per heavy atom. The lowest BCUT2D eigenvalue weighted by atomic mass is 10.0. The molecule has 1 saturated heterocycles. The molecule has 7 nitrogen and oxygen atoms in total.